The third kappa shape index (κ3) is 22.9. The lowest BCUT2D eigenvalue weighted by molar-refractivity contribution is -0.158. The van der Waals surface area contributed by atoms with Gasteiger partial charge in [0.15, 0.2) is 0 Å². The van der Waals surface area contributed by atoms with Crippen LogP contribution in [-0.4, -0.2) is 126 Å². The fourth-order valence-electron chi connectivity index (χ4n) is 8.97. The van der Waals surface area contributed by atoms with Crippen molar-refractivity contribution < 1.29 is 66.1 Å². The van der Waals surface area contributed by atoms with Crippen molar-refractivity contribution in [3.63, 3.8) is 0 Å². The fourth-order valence-corrected chi connectivity index (χ4v) is 8.97. The number of hydrogen-bond acceptors (Lipinski definition) is 14. The monoisotopic (exact) mass is 1220 g/mol. The van der Waals surface area contributed by atoms with Crippen LogP contribution in [0, 0.1) is 41.2 Å². The van der Waals surface area contributed by atoms with Gasteiger partial charge in [-0.2, -0.15) is 0 Å². The molecule has 2 aromatic carbocycles. The van der Waals surface area contributed by atoms with E-state index in [-0.39, 0.29) is 72.0 Å². The highest BCUT2D eigenvalue weighted by atomic mass is 35.5. The van der Waals surface area contributed by atoms with Gasteiger partial charge in [-0.25, -0.2) is 19.6 Å². The molecule has 19 nitrogen and oxygen atoms in total. The zero-order chi connectivity index (χ0) is 62.8. The van der Waals surface area contributed by atoms with Crippen molar-refractivity contribution in [1.82, 2.24) is 36.8 Å². The van der Waals surface area contributed by atoms with Crippen molar-refractivity contribution in [1.29, 1.82) is 0 Å². The van der Waals surface area contributed by atoms with Crippen LogP contribution in [0.4, 0.5) is 8.78 Å². The first-order valence-corrected chi connectivity index (χ1v) is 29.7. The maximum atomic E-state index is 14.6. The molecular formula is C61H87Cl2F2N7O12. The SMILES string of the molecule is C=CCOc1ccc(F)c([C@@H](C)OC(=O)C2CCCN(C(=O)[C@H](C)NC(=O)[C@@H](NC(=O)[C@H](C)CC=C)C(C)C)N2)c1.CC(C)[C@@H]1CC(=O)[C@H](C)C/C=C/COc2ccc(F)c(c2)[C@@H](C)OC(=O)C2CCCN(N2)C(=O)[C@H](C)NC1=O.ClCCCl. The number of nitrogens with zero attached hydrogens (tertiary/aromatic N) is 2. The number of rotatable bonds is 16. The second kappa shape index (κ2) is 36.4. The number of carbonyl (C=O) groups is 8. The molecule has 5 amide bonds. The number of carbonyl (C=O) groups excluding carboxylic acids is 8. The molecule has 3 aliphatic heterocycles. The van der Waals surface area contributed by atoms with E-state index in [1.807, 2.05) is 26.8 Å². The van der Waals surface area contributed by atoms with Gasteiger partial charge in [0.25, 0.3) is 11.8 Å². The number of alkyl halides is 2. The summed E-state index contributed by atoms with van der Waals surface area (Å²) < 4.78 is 51.3. The molecule has 2 fully saturated rings. The van der Waals surface area contributed by atoms with Crippen molar-refractivity contribution in [2.24, 2.45) is 29.6 Å². The van der Waals surface area contributed by atoms with E-state index in [0.717, 1.165) is 0 Å². The minimum atomic E-state index is -0.931. The molecule has 0 saturated carbocycles. The molecule has 84 heavy (non-hydrogen) atoms. The highest BCUT2D eigenvalue weighted by Crippen LogP contribution is 2.29. The Hall–Kier alpha value is -6.42. The fraction of sp³-hybridized carbons (Fsp3) is 0.574. The Morgan fingerprint density at radius 2 is 1.52 bits per heavy atom. The Kier molecular flexibility index (Phi) is 31.2. The lowest BCUT2D eigenvalue weighted by Crippen LogP contribution is -2.61. The topological polar surface area (TPSA) is 240 Å². The van der Waals surface area contributed by atoms with E-state index >= 15 is 0 Å². The smallest absolute Gasteiger partial charge is 0.325 e. The quantitative estimate of drug-likeness (QED) is 0.0602. The number of allylic oxidation sites excluding steroid dienone is 2. The Bertz CT molecular complexity index is 2590. The van der Waals surface area contributed by atoms with E-state index < -0.39 is 89.6 Å². The Morgan fingerprint density at radius 1 is 0.845 bits per heavy atom. The summed E-state index contributed by atoms with van der Waals surface area (Å²) in [5.41, 5.74) is 6.11. The van der Waals surface area contributed by atoms with Crippen LogP contribution < -0.4 is 36.3 Å². The van der Waals surface area contributed by atoms with Crippen molar-refractivity contribution in [3.8, 4) is 11.5 Å². The normalized spacial score (nSPS) is 22.6. The van der Waals surface area contributed by atoms with Crippen LogP contribution in [-0.2, 0) is 47.8 Å². The lowest BCUT2D eigenvalue weighted by Gasteiger charge is -2.35. The van der Waals surface area contributed by atoms with Gasteiger partial charge in [0.2, 0.25) is 17.7 Å². The molecule has 10 atom stereocenters. The van der Waals surface area contributed by atoms with Crippen LogP contribution in [0.25, 0.3) is 0 Å². The molecule has 5 rings (SSSR count). The zero-order valence-corrected chi connectivity index (χ0v) is 51.6. The number of benzene rings is 2. The van der Waals surface area contributed by atoms with Crippen LogP contribution >= 0.6 is 23.2 Å². The number of hydrogen-bond donors (Lipinski definition) is 5. The van der Waals surface area contributed by atoms with Crippen LogP contribution in [0.3, 0.4) is 0 Å². The summed E-state index contributed by atoms with van der Waals surface area (Å²) in [4.78, 5) is 104. The third-order valence-electron chi connectivity index (χ3n) is 14.1. The second-order valence-corrected chi connectivity index (χ2v) is 22.4. The highest BCUT2D eigenvalue weighted by molar-refractivity contribution is 6.25. The summed E-state index contributed by atoms with van der Waals surface area (Å²) in [5, 5.41) is 10.8. The van der Waals surface area contributed by atoms with Gasteiger partial charge in [0, 0.05) is 60.2 Å². The molecule has 2 saturated heterocycles. The molecule has 0 aliphatic carbocycles. The summed E-state index contributed by atoms with van der Waals surface area (Å²) in [6, 6.07) is 4.17. The molecule has 466 valence electrons. The van der Waals surface area contributed by atoms with E-state index in [1.165, 1.54) is 53.3 Å². The van der Waals surface area contributed by atoms with E-state index in [9.17, 15) is 47.1 Å². The Labute approximate surface area is 503 Å². The van der Waals surface area contributed by atoms with Gasteiger partial charge >= 0.3 is 11.9 Å². The number of ketones is 1. The summed E-state index contributed by atoms with van der Waals surface area (Å²) in [5.74, 6) is -3.92. The summed E-state index contributed by atoms with van der Waals surface area (Å²) >= 11 is 10.1. The number of halogens is 4. The number of amides is 5. The van der Waals surface area contributed by atoms with Gasteiger partial charge in [-0.05, 0) is 114 Å². The number of Topliss-reactive ketones (excluding diaryl/α,β-unsaturated/α-hetero) is 1. The number of cyclic esters (lactones) is 1. The van der Waals surface area contributed by atoms with Gasteiger partial charge < -0.3 is 34.9 Å². The number of esters is 2. The molecule has 0 aromatic heterocycles. The first-order chi connectivity index (χ1) is 39.8. The lowest BCUT2D eigenvalue weighted by atomic mass is 9.86. The maximum Gasteiger partial charge on any atom is 0.325 e. The summed E-state index contributed by atoms with van der Waals surface area (Å²) in [6.07, 6.45) is 7.95. The van der Waals surface area contributed by atoms with Crippen molar-refractivity contribution >= 4 is 70.5 Å². The number of hydrazine groups is 2. The predicted molar refractivity (Wildman–Crippen MR) is 317 cm³/mol. The van der Waals surface area contributed by atoms with Crippen LogP contribution in [0.5, 0.6) is 11.5 Å². The Balaban J connectivity index is 0.000000414. The van der Waals surface area contributed by atoms with Gasteiger partial charge in [-0.15, -0.1) is 29.8 Å². The second-order valence-electron chi connectivity index (χ2n) is 21.7. The molecule has 0 radical (unpaired) electrons. The molecule has 23 heteroatoms. The van der Waals surface area contributed by atoms with E-state index in [2.05, 4.69) is 40.0 Å². The number of ether oxygens (including phenoxy) is 4. The number of nitrogens with one attached hydrogen (secondary N) is 5. The van der Waals surface area contributed by atoms with Crippen LogP contribution in [0.1, 0.15) is 138 Å². The molecule has 0 spiro atoms. The average molecular weight is 1220 g/mol. The van der Waals surface area contributed by atoms with Crippen molar-refractivity contribution in [2.75, 3.05) is 38.1 Å². The van der Waals surface area contributed by atoms with Crippen LogP contribution in [0.2, 0.25) is 0 Å². The first-order valence-electron chi connectivity index (χ1n) is 28.6. The van der Waals surface area contributed by atoms with Gasteiger partial charge in [0.05, 0.1) is 0 Å². The van der Waals surface area contributed by atoms with E-state index in [1.54, 1.807) is 59.8 Å². The van der Waals surface area contributed by atoms with Gasteiger partial charge in [-0.3, -0.25) is 48.4 Å². The highest BCUT2D eigenvalue weighted by Gasteiger charge is 2.37. The standard InChI is InChI=1S/C30H43FN4O6.C29H40FN3O6.C2H4Cl2/c1-8-11-19(5)27(36)33-26(18(3)4)28(37)32-20(6)29(38)35-15-10-12-25(34-35)30(39)41-21(7)23-17-22(40-16-9-2)13-14-24(23)31;1-17(2)22-16-26(34)18(3)9-6-7-14-38-21-11-12-24(30)23(15-21)20(5)39-29(37)25-10-8-13-33(32-25)28(36)19(4)31-27(22)35;3-1-2-4/h8-9,13-14,17-21,25-26,34H,1-2,10-12,15-16H2,3-7H3,(H,32,37)(H,33,36);6-7,11-12,15,17-20,22,25,32H,8-10,13-14,16H2,1-5H3,(H,31,35);1-2H2/b;7-6+;/t19-,20+,21-,25?,26+;18-,19+,20-,22+,25?;/m11./s1. The van der Waals surface area contributed by atoms with E-state index in [0.29, 0.717) is 74.9 Å². The predicted octanol–water partition coefficient (Wildman–Crippen LogP) is 8.45. The van der Waals surface area contributed by atoms with Gasteiger partial charge in [0.1, 0.15) is 84.5 Å². The number of fused-ring (bicyclic) bond motifs is 4. The molecule has 3 heterocycles. The first kappa shape index (κ1) is 71.8. The minimum Gasteiger partial charge on any atom is -0.490 e. The van der Waals surface area contributed by atoms with E-state index in [4.69, 9.17) is 42.1 Å². The van der Waals surface area contributed by atoms with Gasteiger partial charge in [-0.1, -0.05) is 72.4 Å². The van der Waals surface area contributed by atoms with Crippen LogP contribution in [0.15, 0.2) is 73.9 Å². The molecule has 4 bridgehead atoms. The maximum absolute atomic E-state index is 14.6. The minimum absolute atomic E-state index is 0.0354. The molecule has 2 unspecified atom stereocenters. The summed E-state index contributed by atoms with van der Waals surface area (Å²) in [7, 11) is 0. The molecule has 3 aliphatic rings. The Morgan fingerprint density at radius 3 is 2.17 bits per heavy atom. The third-order valence-corrected chi connectivity index (χ3v) is 14.7. The largest absolute Gasteiger partial charge is 0.490 e. The summed E-state index contributed by atoms with van der Waals surface area (Å²) in [6.45, 7) is 25.5. The zero-order valence-electron chi connectivity index (χ0n) is 50.1. The molecule has 5 N–H and O–H groups in total. The van der Waals surface area contributed by atoms with Crippen molar-refractivity contribution in [3.05, 3.63) is 96.6 Å². The van der Waals surface area contributed by atoms with Crippen molar-refractivity contribution in [2.45, 2.75) is 157 Å². The molecular weight excluding hydrogens is 1130 g/mol. The molecule has 2 aromatic rings. The average Bonchev–Trinajstić information content (AvgIpc) is 3.61.